The van der Waals surface area contributed by atoms with E-state index in [4.69, 9.17) is 97.8 Å². The van der Waals surface area contributed by atoms with Gasteiger partial charge in [-0.15, -0.1) is 0 Å². The van der Waals surface area contributed by atoms with Crippen molar-refractivity contribution in [2.45, 2.75) is 158 Å². The van der Waals surface area contributed by atoms with Crippen LogP contribution in [0.5, 0.6) is 46.0 Å². The SMILES string of the molecule is CCCCOc1cc2c(cc1OCCCC)-c1nc-2nc2[n-]c(nc3nc(nc4[n-]c(n1)c1cc(OCCCC)c(OCCCC)cc41)-c1cc(OCCCC)c(OCCCC)cc1-3)c1cc(OCCCC)c(OCCCC)cc21.[Cl][Ge][Cl]. The molecule has 3 aromatic heterocycles. The fourth-order valence-corrected chi connectivity index (χ4v) is 9.20. The molecule has 0 spiro atoms. The molecule has 2 radical (unpaired) electrons. The van der Waals surface area contributed by atoms with Crippen molar-refractivity contribution in [3.05, 3.63) is 48.5 Å². The molecule has 5 heterocycles. The third-order valence-electron chi connectivity index (χ3n) is 14.0. The van der Waals surface area contributed by atoms with Crippen molar-refractivity contribution in [1.82, 2.24) is 39.9 Å². The van der Waals surface area contributed by atoms with Crippen LogP contribution in [0.1, 0.15) is 158 Å². The number of aromatic nitrogens is 8. The molecule has 0 N–H and O–H groups in total. The third kappa shape index (κ3) is 15.8. The summed E-state index contributed by atoms with van der Waals surface area (Å²) in [5.41, 5.74) is 4.34. The zero-order valence-electron chi connectivity index (χ0n) is 49.7. The maximum atomic E-state index is 6.51. The van der Waals surface area contributed by atoms with Gasteiger partial charge in [-0.3, -0.25) is 0 Å². The summed E-state index contributed by atoms with van der Waals surface area (Å²) in [7, 11) is 9.78. The average Bonchev–Trinajstić information content (AvgIpc) is 4.12. The minimum atomic E-state index is -0.556. The van der Waals surface area contributed by atoms with E-state index in [1.807, 2.05) is 48.5 Å². The van der Waals surface area contributed by atoms with Gasteiger partial charge in [0.1, 0.15) is 0 Å². The molecule has 19 heteroatoms. The third-order valence-corrected chi connectivity index (χ3v) is 14.0. The summed E-state index contributed by atoms with van der Waals surface area (Å²) in [5, 5.41) is 2.81. The van der Waals surface area contributed by atoms with Gasteiger partial charge < -0.3 is 67.8 Å². The second-order valence-electron chi connectivity index (χ2n) is 20.5. The molecule has 0 aliphatic carbocycles. The number of unbranched alkanes of at least 4 members (excludes halogenated alkanes) is 8. The summed E-state index contributed by atoms with van der Waals surface area (Å²) in [5.74, 6) is 6.34. The summed E-state index contributed by atoms with van der Waals surface area (Å²) in [6.45, 7) is 21.3. The van der Waals surface area contributed by atoms with Crippen LogP contribution in [0.2, 0.25) is 0 Å². The van der Waals surface area contributed by atoms with Gasteiger partial charge in [0, 0.05) is 44.8 Å². The molecule has 7 aromatic rings. The molecule has 8 bridgehead atoms. The van der Waals surface area contributed by atoms with E-state index >= 15 is 0 Å². The van der Waals surface area contributed by atoms with Gasteiger partial charge in [0.05, 0.1) is 76.2 Å². The molecule has 0 fully saturated rings. The summed E-state index contributed by atoms with van der Waals surface area (Å²) in [6.07, 6.45) is 14.8. The number of fused-ring (bicyclic) bond motifs is 20. The molecule has 0 amide bonds. The van der Waals surface area contributed by atoms with Gasteiger partial charge in [-0.1, -0.05) is 107 Å². The van der Waals surface area contributed by atoms with Crippen LogP contribution in [-0.4, -0.2) is 96.3 Å². The normalized spacial score (nSPS) is 11.5. The summed E-state index contributed by atoms with van der Waals surface area (Å²) in [4.78, 5) is 42.6. The van der Waals surface area contributed by atoms with Crippen LogP contribution in [0.15, 0.2) is 48.5 Å². The van der Waals surface area contributed by atoms with Crippen LogP contribution in [0, 0.1) is 0 Å². The van der Waals surface area contributed by atoms with Gasteiger partial charge in [-0.2, -0.15) is 0 Å². The molecule has 16 nitrogen and oxygen atoms in total. The predicted octanol–water partition coefficient (Wildman–Crippen LogP) is 16.6. The van der Waals surface area contributed by atoms with Gasteiger partial charge in [0.2, 0.25) is 0 Å². The molecule has 4 aromatic carbocycles. The van der Waals surface area contributed by atoms with Crippen molar-refractivity contribution >= 4 is 77.7 Å². The summed E-state index contributed by atoms with van der Waals surface area (Å²) in [6, 6.07) is 15.8. The van der Waals surface area contributed by atoms with E-state index in [0.29, 0.717) is 189 Å². The number of hydrogen-bond acceptors (Lipinski definition) is 14. The second-order valence-corrected chi connectivity index (χ2v) is 23.8. The number of halogens is 2. The maximum absolute atomic E-state index is 6.51. The van der Waals surface area contributed by atoms with Crippen molar-refractivity contribution in [2.75, 3.05) is 52.9 Å². The Hall–Kier alpha value is -6.24. The van der Waals surface area contributed by atoms with Gasteiger partial charge in [0.15, 0.2) is 46.0 Å². The molecule has 2 aliphatic heterocycles. The quantitative estimate of drug-likeness (QED) is 0.0287. The molecule has 0 unspecified atom stereocenters. The molecular formula is C64H80Cl2GeN8O8-2. The standard InChI is InChI=1S/C64H80N8O8.Cl2Ge/c1-9-17-25-73-49-33-41-42(34-50(49)74-26-18-10-2)58-65-57(41)69-59-43-35-51(75-27-19-11-3)52(76-28-20-12-4)36-44(43)61(66-59)71-63-47-39-55(79-31-23-15-7)56(80-32-24-16-8)40-48(47)64(68-63)72-62-46-38-54(78-30-22-14-6)53(77-29-21-13-5)37-45(46)60(67-62)70-58;1-3-2/h33-40H,9-32H2,1-8H3;/q-2;. The van der Waals surface area contributed by atoms with E-state index < -0.39 is 13.6 Å². The Labute approximate surface area is 503 Å². The Morgan fingerprint density at radius 2 is 0.458 bits per heavy atom. The Balaban J connectivity index is 0.00000294. The van der Waals surface area contributed by atoms with Crippen LogP contribution in [0.4, 0.5) is 0 Å². The van der Waals surface area contributed by atoms with E-state index in [1.54, 1.807) is 0 Å². The van der Waals surface area contributed by atoms with Crippen molar-refractivity contribution in [3.63, 3.8) is 0 Å². The molecule has 9 rings (SSSR count). The topological polar surface area (TPSA) is 179 Å². The van der Waals surface area contributed by atoms with Crippen molar-refractivity contribution < 1.29 is 37.9 Å². The van der Waals surface area contributed by atoms with Crippen LogP contribution in [-0.2, 0) is 0 Å². The molecule has 0 saturated carbocycles. The Morgan fingerprint density at radius 1 is 0.289 bits per heavy atom. The van der Waals surface area contributed by atoms with E-state index in [-0.39, 0.29) is 0 Å². The first kappa shape index (κ1) is 62.8. The molecule has 2 aliphatic rings. The minimum absolute atomic E-state index is 0.383. The van der Waals surface area contributed by atoms with Crippen LogP contribution < -0.4 is 47.9 Å². The Bertz CT molecular complexity index is 3000. The molecule has 83 heavy (non-hydrogen) atoms. The van der Waals surface area contributed by atoms with E-state index in [0.717, 1.165) is 103 Å². The van der Waals surface area contributed by atoms with Gasteiger partial charge in [-0.05, 0) is 121 Å². The monoisotopic (exact) mass is 1230 g/mol. The zero-order chi connectivity index (χ0) is 58.5. The Kier molecular flexibility index (Phi) is 24.3. The van der Waals surface area contributed by atoms with Crippen LogP contribution in [0.3, 0.4) is 0 Å². The summed E-state index contributed by atoms with van der Waals surface area (Å²) < 4.78 is 52.1. The van der Waals surface area contributed by atoms with Gasteiger partial charge in [0.25, 0.3) is 0 Å². The molecule has 0 atom stereocenters. The number of benzene rings is 4. The van der Waals surface area contributed by atoms with E-state index in [9.17, 15) is 0 Å². The van der Waals surface area contributed by atoms with Crippen molar-refractivity contribution in [1.29, 1.82) is 0 Å². The van der Waals surface area contributed by atoms with E-state index in [1.165, 1.54) is 0 Å². The number of ether oxygens (including phenoxy) is 8. The fourth-order valence-electron chi connectivity index (χ4n) is 9.20. The predicted molar refractivity (Wildman–Crippen MR) is 335 cm³/mol. The first-order valence-corrected chi connectivity index (χ1v) is 35.7. The fraction of sp³-hybridized carbons (Fsp3) is 0.500. The second kappa shape index (κ2) is 32.2. The van der Waals surface area contributed by atoms with Crippen molar-refractivity contribution in [3.8, 4) is 91.5 Å². The average molecular weight is 1230 g/mol. The summed E-state index contributed by atoms with van der Waals surface area (Å²) >= 11 is -0.556. The van der Waals surface area contributed by atoms with Gasteiger partial charge in [-0.25, -0.2) is 9.97 Å². The van der Waals surface area contributed by atoms with E-state index in [2.05, 4.69) is 55.4 Å². The number of hydrogen-bond donors (Lipinski definition) is 0. The molecule has 0 saturated heterocycles. The van der Waals surface area contributed by atoms with Crippen molar-refractivity contribution in [2.24, 2.45) is 0 Å². The van der Waals surface area contributed by atoms with Gasteiger partial charge >= 0.3 is 33.6 Å². The first-order chi connectivity index (χ1) is 40.7. The van der Waals surface area contributed by atoms with Crippen LogP contribution >= 0.6 is 20.0 Å². The molecular weight excluding hydrogens is 1150 g/mol. The first-order valence-electron chi connectivity index (χ1n) is 30.2. The number of nitrogens with zero attached hydrogens (tertiary/aromatic N) is 8. The van der Waals surface area contributed by atoms with Crippen LogP contribution in [0.25, 0.3) is 89.7 Å². The number of rotatable bonds is 32. The Morgan fingerprint density at radius 3 is 0.627 bits per heavy atom. The zero-order valence-corrected chi connectivity index (χ0v) is 53.3. The molecule has 444 valence electrons.